The molecular formula is C21H20ClF3N2O3S. The van der Waals surface area contributed by atoms with Crippen molar-refractivity contribution in [3.8, 4) is 0 Å². The number of para-hydroxylation sites is 1. The summed E-state index contributed by atoms with van der Waals surface area (Å²) in [5.41, 5.74) is -1.24. The minimum absolute atomic E-state index is 0.0677. The van der Waals surface area contributed by atoms with Crippen LogP contribution in [0.5, 0.6) is 0 Å². The average molecular weight is 473 g/mol. The van der Waals surface area contributed by atoms with E-state index in [1.54, 1.807) is 12.1 Å². The number of carbonyl (C=O) groups is 1. The second-order valence-corrected chi connectivity index (χ2v) is 10.4. The molecule has 1 N–H and O–H groups in total. The van der Waals surface area contributed by atoms with Crippen molar-refractivity contribution in [2.24, 2.45) is 0 Å². The van der Waals surface area contributed by atoms with Crippen molar-refractivity contribution < 1.29 is 26.4 Å². The molecule has 2 aromatic rings. The first kappa shape index (κ1) is 22.0. The second kappa shape index (κ2) is 8.02. The summed E-state index contributed by atoms with van der Waals surface area (Å²) in [6.07, 6.45) is -2.95. The van der Waals surface area contributed by atoms with E-state index >= 15 is 0 Å². The molecule has 166 valence electrons. The number of nitrogens with zero attached hydrogens (tertiary/aromatic N) is 1. The number of anilines is 1. The number of sulfone groups is 1. The van der Waals surface area contributed by atoms with Gasteiger partial charge in [0.1, 0.15) is 0 Å². The fraction of sp³-hybridized carbons (Fsp3) is 0.381. The summed E-state index contributed by atoms with van der Waals surface area (Å²) in [6, 6.07) is 9.66. The standard InChI is InChI=1S/C21H20ClF3N2O3S/c22-17-6-2-4-8-19(17)31(29,30)15-11-13-9-10-14(12-15)27(13)20(28)26-18-7-3-1-5-16(18)21(23,24)25/h1-8,13-15H,9-12H2,(H,26,28). The summed E-state index contributed by atoms with van der Waals surface area (Å²) in [5.74, 6) is 0. The maximum atomic E-state index is 13.2. The lowest BCUT2D eigenvalue weighted by Crippen LogP contribution is -2.51. The molecule has 5 nitrogen and oxygen atoms in total. The van der Waals surface area contributed by atoms with Crippen LogP contribution in [0.25, 0.3) is 0 Å². The molecule has 0 radical (unpaired) electrons. The zero-order valence-electron chi connectivity index (χ0n) is 16.3. The number of halogens is 4. The molecule has 2 saturated heterocycles. The van der Waals surface area contributed by atoms with Crippen LogP contribution in [-0.2, 0) is 16.0 Å². The molecule has 0 aliphatic carbocycles. The molecule has 2 aliphatic heterocycles. The molecule has 31 heavy (non-hydrogen) atoms. The summed E-state index contributed by atoms with van der Waals surface area (Å²) in [5, 5.41) is 1.83. The minimum atomic E-state index is -4.60. The topological polar surface area (TPSA) is 66.5 Å². The highest BCUT2D eigenvalue weighted by Gasteiger charge is 2.48. The number of piperidine rings is 1. The Labute approximate surface area is 183 Å². The SMILES string of the molecule is O=C(Nc1ccccc1C(F)(F)F)N1C2CCC1CC(S(=O)(=O)c1ccccc1Cl)C2. The van der Waals surface area contributed by atoms with Gasteiger partial charge in [0.05, 0.1) is 26.4 Å². The normalized spacial score (nSPS) is 23.6. The Kier molecular flexibility index (Phi) is 5.68. The second-order valence-electron chi connectivity index (χ2n) is 7.83. The Morgan fingerprint density at radius 2 is 1.58 bits per heavy atom. The third-order valence-corrected chi connectivity index (χ3v) is 8.65. The maximum Gasteiger partial charge on any atom is 0.418 e. The monoisotopic (exact) mass is 472 g/mol. The molecule has 2 bridgehead atoms. The quantitative estimate of drug-likeness (QED) is 0.654. The molecule has 2 amide bonds. The van der Waals surface area contributed by atoms with Crippen molar-refractivity contribution in [2.45, 2.75) is 54.1 Å². The van der Waals surface area contributed by atoms with Crippen molar-refractivity contribution in [2.75, 3.05) is 5.32 Å². The summed E-state index contributed by atoms with van der Waals surface area (Å²) < 4.78 is 66.0. The summed E-state index contributed by atoms with van der Waals surface area (Å²) >= 11 is 6.09. The van der Waals surface area contributed by atoms with Crippen molar-refractivity contribution >= 4 is 33.2 Å². The van der Waals surface area contributed by atoms with Crippen molar-refractivity contribution in [3.05, 3.63) is 59.1 Å². The number of hydrogen-bond acceptors (Lipinski definition) is 3. The Morgan fingerprint density at radius 1 is 1.00 bits per heavy atom. The molecule has 0 aromatic heterocycles. The summed E-state index contributed by atoms with van der Waals surface area (Å²) in [6.45, 7) is 0. The maximum absolute atomic E-state index is 13.2. The largest absolute Gasteiger partial charge is 0.418 e. The van der Waals surface area contributed by atoms with E-state index in [9.17, 15) is 26.4 Å². The number of carbonyl (C=O) groups excluding carboxylic acids is 1. The number of fused-ring (bicyclic) bond motifs is 2. The van der Waals surface area contributed by atoms with Crippen LogP contribution in [0.15, 0.2) is 53.4 Å². The zero-order valence-corrected chi connectivity index (χ0v) is 17.8. The molecular weight excluding hydrogens is 453 g/mol. The van der Waals surface area contributed by atoms with Crippen LogP contribution in [0, 0.1) is 0 Å². The number of amides is 2. The van der Waals surface area contributed by atoms with E-state index in [4.69, 9.17) is 11.6 Å². The van der Waals surface area contributed by atoms with Gasteiger partial charge in [-0.25, -0.2) is 13.2 Å². The third-order valence-electron chi connectivity index (χ3n) is 5.98. The van der Waals surface area contributed by atoms with Crippen LogP contribution in [0.2, 0.25) is 5.02 Å². The highest BCUT2D eigenvalue weighted by atomic mass is 35.5. The summed E-state index contributed by atoms with van der Waals surface area (Å²) in [7, 11) is -3.69. The summed E-state index contributed by atoms with van der Waals surface area (Å²) in [4.78, 5) is 14.4. The molecule has 0 spiro atoms. The lowest BCUT2D eigenvalue weighted by Gasteiger charge is -2.38. The Morgan fingerprint density at radius 3 is 2.19 bits per heavy atom. The highest BCUT2D eigenvalue weighted by molar-refractivity contribution is 7.92. The van der Waals surface area contributed by atoms with E-state index in [1.165, 1.54) is 35.2 Å². The lowest BCUT2D eigenvalue weighted by molar-refractivity contribution is -0.136. The predicted molar refractivity (Wildman–Crippen MR) is 111 cm³/mol. The van der Waals surface area contributed by atoms with E-state index in [-0.39, 0.29) is 40.5 Å². The first-order chi connectivity index (χ1) is 14.6. The smallest absolute Gasteiger partial charge is 0.318 e. The van der Waals surface area contributed by atoms with Gasteiger partial charge in [0, 0.05) is 12.1 Å². The van der Waals surface area contributed by atoms with Crippen LogP contribution < -0.4 is 5.32 Å². The van der Waals surface area contributed by atoms with Crippen LogP contribution in [0.3, 0.4) is 0 Å². The number of hydrogen-bond donors (Lipinski definition) is 1. The number of rotatable bonds is 3. The lowest BCUT2D eigenvalue weighted by atomic mass is 10.0. The van der Waals surface area contributed by atoms with E-state index < -0.39 is 32.9 Å². The van der Waals surface area contributed by atoms with E-state index in [0.717, 1.165) is 6.07 Å². The average Bonchev–Trinajstić information content (AvgIpc) is 2.97. The van der Waals surface area contributed by atoms with Crippen molar-refractivity contribution in [1.29, 1.82) is 0 Å². The van der Waals surface area contributed by atoms with Crippen LogP contribution in [0.4, 0.5) is 23.7 Å². The minimum Gasteiger partial charge on any atom is -0.318 e. The van der Waals surface area contributed by atoms with Crippen molar-refractivity contribution in [1.82, 2.24) is 4.90 Å². The molecule has 2 aromatic carbocycles. The van der Waals surface area contributed by atoms with E-state index in [2.05, 4.69) is 5.32 Å². The van der Waals surface area contributed by atoms with Gasteiger partial charge in [0.15, 0.2) is 9.84 Å². The first-order valence-electron chi connectivity index (χ1n) is 9.83. The van der Waals surface area contributed by atoms with Gasteiger partial charge in [0.2, 0.25) is 0 Å². The number of nitrogens with one attached hydrogen (secondary N) is 1. The van der Waals surface area contributed by atoms with E-state index in [1.807, 2.05) is 0 Å². The van der Waals surface area contributed by atoms with E-state index in [0.29, 0.717) is 12.8 Å². The third kappa shape index (κ3) is 4.13. The fourth-order valence-corrected chi connectivity index (χ4v) is 6.96. The van der Waals surface area contributed by atoms with Gasteiger partial charge in [-0.05, 0) is 49.9 Å². The number of alkyl halides is 3. The molecule has 2 unspecified atom stereocenters. The Hall–Kier alpha value is -2.26. The molecule has 2 atom stereocenters. The molecule has 2 fully saturated rings. The number of urea groups is 1. The van der Waals surface area contributed by atoms with Gasteiger partial charge in [-0.1, -0.05) is 35.9 Å². The van der Waals surface area contributed by atoms with Crippen molar-refractivity contribution in [3.63, 3.8) is 0 Å². The van der Waals surface area contributed by atoms with Crippen LogP contribution in [-0.4, -0.2) is 36.7 Å². The van der Waals surface area contributed by atoms with Crippen LogP contribution in [0.1, 0.15) is 31.2 Å². The molecule has 4 rings (SSSR count). The van der Waals surface area contributed by atoms with Gasteiger partial charge in [-0.3, -0.25) is 0 Å². The van der Waals surface area contributed by atoms with Gasteiger partial charge in [0.25, 0.3) is 0 Å². The molecule has 2 aliphatic rings. The van der Waals surface area contributed by atoms with Gasteiger partial charge < -0.3 is 10.2 Å². The Bertz CT molecular complexity index is 1090. The van der Waals surface area contributed by atoms with Gasteiger partial charge in [-0.2, -0.15) is 13.2 Å². The predicted octanol–water partition coefficient (Wildman–Crippen LogP) is 5.36. The fourth-order valence-electron chi connectivity index (χ4n) is 4.59. The first-order valence-corrected chi connectivity index (χ1v) is 11.8. The Balaban J connectivity index is 1.53. The van der Waals surface area contributed by atoms with Gasteiger partial charge in [-0.15, -0.1) is 0 Å². The van der Waals surface area contributed by atoms with Gasteiger partial charge >= 0.3 is 12.2 Å². The molecule has 2 heterocycles. The highest BCUT2D eigenvalue weighted by Crippen LogP contribution is 2.41. The molecule has 0 saturated carbocycles. The van der Waals surface area contributed by atoms with Crippen LogP contribution >= 0.6 is 11.6 Å². The number of benzene rings is 2. The molecule has 10 heteroatoms. The zero-order chi connectivity index (χ0) is 22.4.